The molecular weight excluding hydrogens is 364 g/mol. The van der Waals surface area contributed by atoms with Crippen molar-refractivity contribution < 1.29 is 28.3 Å². The van der Waals surface area contributed by atoms with E-state index in [0.29, 0.717) is 11.9 Å². The molecule has 0 bridgehead atoms. The zero-order chi connectivity index (χ0) is 21.3. The largest absolute Gasteiger partial charge is 0.494 e. The van der Waals surface area contributed by atoms with E-state index in [0.717, 1.165) is 0 Å². The van der Waals surface area contributed by atoms with E-state index in [1.807, 2.05) is 34.6 Å². The molecule has 0 aliphatic carbocycles. The number of hydrogen-bond acceptors (Lipinski definition) is 4. The summed E-state index contributed by atoms with van der Waals surface area (Å²) in [6, 6.07) is 4.68. The standard InChI is InChI=1S/C20H31BFNO5/c1-13(11-18(2,3)23-17(24)25)12-26-16-9-8-14(10-15(16)22)21-27-19(4,5)20(6,7)28-21/h8-10,13,23H,11-12H2,1-7H3,(H,24,25)/t13-/m0/s1. The van der Waals surface area contributed by atoms with Crippen LogP contribution in [0.1, 0.15) is 54.9 Å². The highest BCUT2D eigenvalue weighted by molar-refractivity contribution is 6.62. The predicted molar refractivity (Wildman–Crippen MR) is 107 cm³/mol. The zero-order valence-corrected chi connectivity index (χ0v) is 17.8. The molecule has 1 amide bonds. The summed E-state index contributed by atoms with van der Waals surface area (Å²) >= 11 is 0. The molecule has 28 heavy (non-hydrogen) atoms. The number of hydrogen-bond donors (Lipinski definition) is 2. The maximum atomic E-state index is 14.5. The molecule has 1 aliphatic rings. The van der Waals surface area contributed by atoms with Gasteiger partial charge in [0.05, 0.1) is 17.8 Å². The number of halogens is 1. The maximum Gasteiger partial charge on any atom is 0.494 e. The first-order valence-corrected chi connectivity index (χ1v) is 9.51. The van der Waals surface area contributed by atoms with E-state index < -0.39 is 35.8 Å². The van der Waals surface area contributed by atoms with E-state index in [9.17, 15) is 9.18 Å². The summed E-state index contributed by atoms with van der Waals surface area (Å²) in [6.45, 7) is 13.6. The van der Waals surface area contributed by atoms with Crippen LogP contribution in [0.15, 0.2) is 18.2 Å². The molecule has 1 aliphatic heterocycles. The fourth-order valence-corrected chi connectivity index (χ4v) is 3.26. The van der Waals surface area contributed by atoms with Crippen molar-refractivity contribution in [2.45, 2.75) is 71.6 Å². The highest BCUT2D eigenvalue weighted by Crippen LogP contribution is 2.36. The van der Waals surface area contributed by atoms with Crippen molar-refractivity contribution in [3.05, 3.63) is 24.0 Å². The van der Waals surface area contributed by atoms with E-state index in [4.69, 9.17) is 19.2 Å². The third-order valence-electron chi connectivity index (χ3n) is 5.31. The molecule has 0 aromatic heterocycles. The molecule has 1 fully saturated rings. The van der Waals surface area contributed by atoms with E-state index in [1.54, 1.807) is 26.0 Å². The average molecular weight is 395 g/mol. The lowest BCUT2D eigenvalue weighted by atomic mass is 9.79. The number of nitrogens with one attached hydrogen (secondary N) is 1. The Balaban J connectivity index is 1.97. The van der Waals surface area contributed by atoms with E-state index in [2.05, 4.69) is 5.32 Å². The van der Waals surface area contributed by atoms with Crippen molar-refractivity contribution >= 4 is 18.7 Å². The normalized spacial score (nSPS) is 19.4. The molecule has 1 saturated heterocycles. The number of carboxylic acid groups (broad SMARTS) is 1. The van der Waals surface area contributed by atoms with Crippen LogP contribution in [0.4, 0.5) is 9.18 Å². The van der Waals surface area contributed by atoms with Gasteiger partial charge in [0, 0.05) is 5.54 Å². The van der Waals surface area contributed by atoms with Crippen molar-refractivity contribution in [2.75, 3.05) is 6.61 Å². The molecule has 0 saturated carbocycles. The summed E-state index contributed by atoms with van der Waals surface area (Å²) in [7, 11) is -0.629. The lowest BCUT2D eigenvalue weighted by Gasteiger charge is -2.32. The number of rotatable bonds is 7. The third kappa shape index (κ3) is 5.38. The molecule has 2 rings (SSSR count). The SMILES string of the molecule is C[C@H](COc1ccc(B2OC(C)(C)C(C)(C)O2)cc1F)CC(C)(C)NC(=O)O. The number of carbonyl (C=O) groups is 1. The maximum absolute atomic E-state index is 14.5. The molecule has 0 spiro atoms. The topological polar surface area (TPSA) is 77.0 Å². The highest BCUT2D eigenvalue weighted by atomic mass is 19.1. The van der Waals surface area contributed by atoms with Crippen LogP contribution in [0, 0.1) is 11.7 Å². The van der Waals surface area contributed by atoms with Crippen molar-refractivity contribution in [3.8, 4) is 5.75 Å². The average Bonchev–Trinajstić information content (AvgIpc) is 2.72. The van der Waals surface area contributed by atoms with Gasteiger partial charge in [-0.05, 0) is 71.5 Å². The summed E-state index contributed by atoms with van der Waals surface area (Å²) in [5.74, 6) is -0.303. The minimum atomic E-state index is -1.07. The molecule has 8 heteroatoms. The van der Waals surface area contributed by atoms with Gasteiger partial charge in [-0.2, -0.15) is 0 Å². The molecule has 1 heterocycles. The van der Waals surface area contributed by atoms with Crippen LogP contribution in [0.5, 0.6) is 5.75 Å². The Morgan fingerprint density at radius 1 is 1.29 bits per heavy atom. The summed E-state index contributed by atoms with van der Waals surface area (Å²) in [6.07, 6.45) is -0.505. The highest BCUT2D eigenvalue weighted by Gasteiger charge is 2.51. The van der Waals surface area contributed by atoms with Gasteiger partial charge in [-0.25, -0.2) is 9.18 Å². The third-order valence-corrected chi connectivity index (χ3v) is 5.31. The smallest absolute Gasteiger partial charge is 0.490 e. The van der Waals surface area contributed by atoms with Crippen LogP contribution in [0.2, 0.25) is 0 Å². The van der Waals surface area contributed by atoms with Gasteiger partial charge in [-0.3, -0.25) is 0 Å². The summed E-state index contributed by atoms with van der Waals surface area (Å²) in [5.41, 5.74) is -0.970. The van der Waals surface area contributed by atoms with Crippen LogP contribution in [0.25, 0.3) is 0 Å². The second kappa shape index (κ2) is 7.91. The van der Waals surface area contributed by atoms with Gasteiger partial charge in [-0.15, -0.1) is 0 Å². The molecule has 6 nitrogen and oxygen atoms in total. The Kier molecular flexibility index (Phi) is 6.36. The van der Waals surface area contributed by atoms with Gasteiger partial charge in [0.15, 0.2) is 11.6 Å². The molecule has 1 aromatic rings. The summed E-state index contributed by atoms with van der Waals surface area (Å²) in [4.78, 5) is 10.8. The van der Waals surface area contributed by atoms with Gasteiger partial charge in [0.2, 0.25) is 0 Å². The lowest BCUT2D eigenvalue weighted by molar-refractivity contribution is 0.00578. The number of benzene rings is 1. The number of amides is 1. The van der Waals surface area contributed by atoms with Crippen LogP contribution < -0.4 is 15.5 Å². The Hall–Kier alpha value is -1.80. The minimum Gasteiger partial charge on any atom is -0.490 e. The van der Waals surface area contributed by atoms with Crippen LogP contribution in [-0.2, 0) is 9.31 Å². The fraction of sp³-hybridized carbons (Fsp3) is 0.650. The van der Waals surface area contributed by atoms with Gasteiger partial charge < -0.3 is 24.5 Å². The summed E-state index contributed by atoms with van der Waals surface area (Å²) < 4.78 is 32.0. The predicted octanol–water partition coefficient (Wildman–Crippen LogP) is 3.58. The van der Waals surface area contributed by atoms with Crippen LogP contribution >= 0.6 is 0 Å². The zero-order valence-electron chi connectivity index (χ0n) is 17.8. The van der Waals surface area contributed by atoms with Gasteiger partial charge >= 0.3 is 13.2 Å². The first-order chi connectivity index (χ1) is 12.7. The van der Waals surface area contributed by atoms with Crippen molar-refractivity contribution in [1.29, 1.82) is 0 Å². The second-order valence-corrected chi connectivity index (χ2v) is 9.21. The quantitative estimate of drug-likeness (QED) is 0.691. The van der Waals surface area contributed by atoms with Crippen LogP contribution in [0.3, 0.4) is 0 Å². The molecule has 1 atom stereocenters. The first-order valence-electron chi connectivity index (χ1n) is 9.51. The van der Waals surface area contributed by atoms with Gasteiger partial charge in [-0.1, -0.05) is 13.0 Å². The Labute approximate surface area is 166 Å². The van der Waals surface area contributed by atoms with Crippen LogP contribution in [-0.4, -0.2) is 41.7 Å². The van der Waals surface area contributed by atoms with Gasteiger partial charge in [0.1, 0.15) is 0 Å². The Bertz CT molecular complexity index is 707. The van der Waals surface area contributed by atoms with E-state index in [-0.39, 0.29) is 18.3 Å². The van der Waals surface area contributed by atoms with Crippen molar-refractivity contribution in [2.24, 2.45) is 5.92 Å². The number of ether oxygens (including phenoxy) is 1. The molecule has 0 radical (unpaired) electrons. The Morgan fingerprint density at radius 3 is 2.36 bits per heavy atom. The minimum absolute atomic E-state index is 0.0315. The first kappa shape index (κ1) is 22.5. The molecular formula is C20H31BFNO5. The molecule has 156 valence electrons. The van der Waals surface area contributed by atoms with E-state index in [1.165, 1.54) is 6.07 Å². The summed E-state index contributed by atoms with van der Waals surface area (Å²) in [5, 5.41) is 11.3. The monoisotopic (exact) mass is 395 g/mol. The molecule has 0 unspecified atom stereocenters. The molecule has 2 N–H and O–H groups in total. The Morgan fingerprint density at radius 2 is 1.86 bits per heavy atom. The lowest BCUT2D eigenvalue weighted by Crippen LogP contribution is -2.44. The molecule has 1 aromatic carbocycles. The van der Waals surface area contributed by atoms with Crippen molar-refractivity contribution in [1.82, 2.24) is 5.32 Å². The fourth-order valence-electron chi connectivity index (χ4n) is 3.26. The van der Waals surface area contributed by atoms with Gasteiger partial charge in [0.25, 0.3) is 0 Å². The van der Waals surface area contributed by atoms with Crippen molar-refractivity contribution in [3.63, 3.8) is 0 Å². The van der Waals surface area contributed by atoms with E-state index >= 15 is 0 Å². The second-order valence-electron chi connectivity index (χ2n) is 9.21.